The fourth-order valence-electron chi connectivity index (χ4n) is 1.57. The summed E-state index contributed by atoms with van der Waals surface area (Å²) in [6.07, 6.45) is 0.941. The van der Waals surface area contributed by atoms with Crippen LogP contribution in [0.4, 0.5) is 5.69 Å². The molecule has 0 heterocycles. The summed E-state index contributed by atoms with van der Waals surface area (Å²) in [6.45, 7) is 5.02. The van der Waals surface area contributed by atoms with Crippen LogP contribution in [0.25, 0.3) is 0 Å². The zero-order chi connectivity index (χ0) is 13.4. The van der Waals surface area contributed by atoms with Crippen LogP contribution in [-0.2, 0) is 9.47 Å². The van der Waals surface area contributed by atoms with Gasteiger partial charge in [-0.2, -0.15) is 0 Å². The number of ether oxygens (including phenoxy) is 2. The predicted molar refractivity (Wildman–Crippen MR) is 72.0 cm³/mol. The molecule has 0 bridgehead atoms. The molecule has 1 atom stereocenters. The highest BCUT2D eigenvalue weighted by Crippen LogP contribution is 2.12. The van der Waals surface area contributed by atoms with E-state index in [4.69, 9.17) is 9.47 Å². The number of hydrogen-bond acceptors (Lipinski definition) is 4. The molecule has 0 amide bonds. The van der Waals surface area contributed by atoms with Crippen LogP contribution in [0.15, 0.2) is 24.3 Å². The molecule has 4 heteroatoms. The molecule has 100 valence electrons. The van der Waals surface area contributed by atoms with Crippen molar-refractivity contribution in [1.82, 2.24) is 0 Å². The van der Waals surface area contributed by atoms with Crippen LogP contribution >= 0.6 is 0 Å². The van der Waals surface area contributed by atoms with Crippen LogP contribution in [0.2, 0.25) is 0 Å². The lowest BCUT2D eigenvalue weighted by molar-refractivity contribution is 0.0526. The summed E-state index contributed by atoms with van der Waals surface area (Å²) in [5, 5.41) is 3.34. The molecule has 18 heavy (non-hydrogen) atoms. The van der Waals surface area contributed by atoms with Gasteiger partial charge in [0.1, 0.15) is 0 Å². The maximum absolute atomic E-state index is 11.5. The summed E-state index contributed by atoms with van der Waals surface area (Å²) in [4.78, 5) is 11.5. The number of rotatable bonds is 7. The molecule has 0 radical (unpaired) electrons. The van der Waals surface area contributed by atoms with E-state index in [1.807, 2.05) is 12.1 Å². The molecule has 0 saturated heterocycles. The number of carbonyl (C=O) groups is 1. The molecule has 0 spiro atoms. The first kappa shape index (κ1) is 14.5. The van der Waals surface area contributed by atoms with E-state index in [9.17, 15) is 4.79 Å². The third kappa shape index (κ3) is 4.75. The lowest BCUT2D eigenvalue weighted by atomic mass is 10.2. The van der Waals surface area contributed by atoms with Gasteiger partial charge in [-0.05, 0) is 44.5 Å². The van der Waals surface area contributed by atoms with Crippen LogP contribution in [0, 0.1) is 0 Å². The minimum atomic E-state index is -0.281. The summed E-state index contributed by atoms with van der Waals surface area (Å²) < 4.78 is 9.95. The second-order valence-electron chi connectivity index (χ2n) is 4.12. The van der Waals surface area contributed by atoms with Crippen molar-refractivity contribution < 1.29 is 14.3 Å². The molecule has 0 fully saturated rings. The Morgan fingerprint density at radius 1 is 1.33 bits per heavy atom. The Hall–Kier alpha value is -1.55. The molecule has 0 aliphatic rings. The van der Waals surface area contributed by atoms with Gasteiger partial charge in [-0.3, -0.25) is 0 Å². The SMILES string of the molecule is CCOC(=O)c1ccc(NC(C)CCOC)cc1. The van der Waals surface area contributed by atoms with Crippen molar-refractivity contribution in [1.29, 1.82) is 0 Å². The fourth-order valence-corrected chi connectivity index (χ4v) is 1.57. The van der Waals surface area contributed by atoms with E-state index in [-0.39, 0.29) is 5.97 Å². The number of anilines is 1. The first-order valence-electron chi connectivity index (χ1n) is 6.20. The quantitative estimate of drug-likeness (QED) is 0.757. The first-order valence-corrected chi connectivity index (χ1v) is 6.20. The number of benzene rings is 1. The van der Waals surface area contributed by atoms with E-state index < -0.39 is 0 Å². The number of esters is 1. The van der Waals surface area contributed by atoms with Gasteiger partial charge in [-0.1, -0.05) is 0 Å². The van der Waals surface area contributed by atoms with Gasteiger partial charge < -0.3 is 14.8 Å². The normalized spacial score (nSPS) is 11.9. The van der Waals surface area contributed by atoms with E-state index in [1.165, 1.54) is 0 Å². The molecule has 0 aromatic heterocycles. The van der Waals surface area contributed by atoms with Gasteiger partial charge in [0.2, 0.25) is 0 Å². The van der Waals surface area contributed by atoms with Gasteiger partial charge in [0.15, 0.2) is 0 Å². The standard InChI is InChI=1S/C14H21NO3/c1-4-18-14(16)12-5-7-13(8-6-12)15-11(2)9-10-17-3/h5-8,11,15H,4,9-10H2,1-3H3. The number of nitrogens with one attached hydrogen (secondary N) is 1. The van der Waals surface area contributed by atoms with E-state index in [0.29, 0.717) is 18.2 Å². The van der Waals surface area contributed by atoms with Crippen molar-refractivity contribution in [2.24, 2.45) is 0 Å². The molecule has 0 saturated carbocycles. The molecule has 1 unspecified atom stereocenters. The van der Waals surface area contributed by atoms with Crippen molar-refractivity contribution in [3.05, 3.63) is 29.8 Å². The number of hydrogen-bond donors (Lipinski definition) is 1. The van der Waals surface area contributed by atoms with Crippen LogP contribution < -0.4 is 5.32 Å². The first-order chi connectivity index (χ1) is 8.67. The Bertz CT molecular complexity index is 362. The maximum Gasteiger partial charge on any atom is 0.338 e. The average molecular weight is 251 g/mol. The minimum Gasteiger partial charge on any atom is -0.462 e. The molecular formula is C14H21NO3. The lowest BCUT2D eigenvalue weighted by Crippen LogP contribution is -2.17. The van der Waals surface area contributed by atoms with E-state index in [2.05, 4.69) is 12.2 Å². The molecule has 1 aromatic carbocycles. The summed E-state index contributed by atoms with van der Waals surface area (Å²) in [7, 11) is 1.70. The van der Waals surface area contributed by atoms with Crippen molar-refractivity contribution in [3.63, 3.8) is 0 Å². The topological polar surface area (TPSA) is 47.6 Å². The molecule has 1 rings (SSSR count). The zero-order valence-electron chi connectivity index (χ0n) is 11.2. The maximum atomic E-state index is 11.5. The fraction of sp³-hybridized carbons (Fsp3) is 0.500. The van der Waals surface area contributed by atoms with Crippen LogP contribution in [0.1, 0.15) is 30.6 Å². The van der Waals surface area contributed by atoms with Crippen molar-refractivity contribution in [2.45, 2.75) is 26.3 Å². The van der Waals surface area contributed by atoms with Crippen molar-refractivity contribution >= 4 is 11.7 Å². The van der Waals surface area contributed by atoms with E-state index in [1.54, 1.807) is 26.2 Å². The molecule has 0 aliphatic heterocycles. The number of methoxy groups -OCH3 is 1. The lowest BCUT2D eigenvalue weighted by Gasteiger charge is -2.14. The third-order valence-electron chi connectivity index (χ3n) is 2.56. The summed E-state index contributed by atoms with van der Waals surface area (Å²) >= 11 is 0. The highest BCUT2D eigenvalue weighted by molar-refractivity contribution is 5.89. The van der Waals surface area contributed by atoms with Gasteiger partial charge in [0.25, 0.3) is 0 Å². The van der Waals surface area contributed by atoms with Crippen LogP contribution in [0.3, 0.4) is 0 Å². The molecule has 1 N–H and O–H groups in total. The Labute approximate surface area is 108 Å². The zero-order valence-corrected chi connectivity index (χ0v) is 11.2. The van der Waals surface area contributed by atoms with Gasteiger partial charge in [0.05, 0.1) is 12.2 Å². The molecule has 4 nitrogen and oxygen atoms in total. The van der Waals surface area contributed by atoms with Crippen molar-refractivity contribution in [3.8, 4) is 0 Å². The highest BCUT2D eigenvalue weighted by atomic mass is 16.5. The second kappa shape index (κ2) is 7.71. The smallest absolute Gasteiger partial charge is 0.338 e. The van der Waals surface area contributed by atoms with E-state index in [0.717, 1.165) is 18.7 Å². The van der Waals surface area contributed by atoms with Crippen LogP contribution in [-0.4, -0.2) is 32.3 Å². The van der Waals surface area contributed by atoms with Gasteiger partial charge in [-0.25, -0.2) is 4.79 Å². The van der Waals surface area contributed by atoms with Crippen molar-refractivity contribution in [2.75, 3.05) is 25.6 Å². The Balaban J connectivity index is 2.52. The minimum absolute atomic E-state index is 0.281. The van der Waals surface area contributed by atoms with Gasteiger partial charge in [0, 0.05) is 25.4 Å². The second-order valence-corrected chi connectivity index (χ2v) is 4.12. The Kier molecular flexibility index (Phi) is 6.22. The summed E-state index contributed by atoms with van der Waals surface area (Å²) in [6, 6.07) is 7.64. The third-order valence-corrected chi connectivity index (χ3v) is 2.56. The average Bonchev–Trinajstić information content (AvgIpc) is 2.37. The predicted octanol–water partition coefficient (Wildman–Crippen LogP) is 2.70. The Morgan fingerprint density at radius 3 is 2.56 bits per heavy atom. The van der Waals surface area contributed by atoms with Crippen LogP contribution in [0.5, 0.6) is 0 Å². The molecule has 0 aliphatic carbocycles. The molecular weight excluding hydrogens is 230 g/mol. The largest absolute Gasteiger partial charge is 0.462 e. The van der Waals surface area contributed by atoms with Gasteiger partial charge in [-0.15, -0.1) is 0 Å². The summed E-state index contributed by atoms with van der Waals surface area (Å²) in [5.74, 6) is -0.281. The Morgan fingerprint density at radius 2 is 2.00 bits per heavy atom. The highest BCUT2D eigenvalue weighted by Gasteiger charge is 2.06. The molecule has 1 aromatic rings. The van der Waals surface area contributed by atoms with Gasteiger partial charge >= 0.3 is 5.97 Å². The number of carbonyl (C=O) groups excluding carboxylic acids is 1. The monoisotopic (exact) mass is 251 g/mol. The summed E-state index contributed by atoms with van der Waals surface area (Å²) in [5.41, 5.74) is 1.57. The van der Waals surface area contributed by atoms with E-state index >= 15 is 0 Å².